The molecule has 1 unspecified atom stereocenters. The summed E-state index contributed by atoms with van der Waals surface area (Å²) in [6, 6.07) is 6.97. The summed E-state index contributed by atoms with van der Waals surface area (Å²) >= 11 is 0. The minimum atomic E-state index is -0.385. The van der Waals surface area contributed by atoms with Gasteiger partial charge in [0, 0.05) is 17.8 Å². The van der Waals surface area contributed by atoms with Crippen LogP contribution in [-0.4, -0.2) is 27.2 Å². The SMILES string of the molecule is CCCNC(=O)C(C)n1cnc(-c2cccc(N)c2)n1. The Balaban J connectivity index is 2.14. The molecule has 0 aliphatic heterocycles. The summed E-state index contributed by atoms with van der Waals surface area (Å²) in [5, 5.41) is 7.18. The molecule has 20 heavy (non-hydrogen) atoms. The Hall–Kier alpha value is -2.37. The van der Waals surface area contributed by atoms with E-state index in [1.165, 1.54) is 0 Å². The molecule has 6 heteroatoms. The van der Waals surface area contributed by atoms with Crippen molar-refractivity contribution in [1.29, 1.82) is 0 Å². The van der Waals surface area contributed by atoms with Gasteiger partial charge in [-0.1, -0.05) is 19.1 Å². The summed E-state index contributed by atoms with van der Waals surface area (Å²) in [6.07, 6.45) is 2.47. The van der Waals surface area contributed by atoms with E-state index >= 15 is 0 Å². The van der Waals surface area contributed by atoms with E-state index in [9.17, 15) is 4.79 Å². The zero-order chi connectivity index (χ0) is 14.5. The van der Waals surface area contributed by atoms with Crippen LogP contribution in [0.5, 0.6) is 0 Å². The van der Waals surface area contributed by atoms with Crippen molar-refractivity contribution in [3.63, 3.8) is 0 Å². The largest absolute Gasteiger partial charge is 0.399 e. The lowest BCUT2D eigenvalue weighted by atomic mass is 10.2. The van der Waals surface area contributed by atoms with E-state index in [-0.39, 0.29) is 11.9 Å². The summed E-state index contributed by atoms with van der Waals surface area (Å²) < 4.78 is 1.56. The first-order valence-corrected chi connectivity index (χ1v) is 6.66. The minimum absolute atomic E-state index is 0.0594. The van der Waals surface area contributed by atoms with Crippen LogP contribution in [0.4, 0.5) is 5.69 Å². The Labute approximate surface area is 118 Å². The number of rotatable bonds is 5. The first kappa shape index (κ1) is 14.0. The molecular formula is C14H19N5O. The number of amides is 1. The van der Waals surface area contributed by atoms with Gasteiger partial charge in [-0.15, -0.1) is 0 Å². The third-order valence-corrected chi connectivity index (χ3v) is 2.98. The first-order chi connectivity index (χ1) is 9.61. The molecule has 1 aromatic carbocycles. The number of carbonyl (C=O) groups excluding carboxylic acids is 1. The summed E-state index contributed by atoms with van der Waals surface area (Å²) in [7, 11) is 0. The van der Waals surface area contributed by atoms with Crippen molar-refractivity contribution >= 4 is 11.6 Å². The van der Waals surface area contributed by atoms with Crippen molar-refractivity contribution in [2.75, 3.05) is 12.3 Å². The molecule has 2 aromatic rings. The third-order valence-electron chi connectivity index (χ3n) is 2.98. The van der Waals surface area contributed by atoms with Crippen LogP contribution in [0.15, 0.2) is 30.6 Å². The van der Waals surface area contributed by atoms with E-state index in [0.717, 1.165) is 12.0 Å². The second kappa shape index (κ2) is 6.18. The van der Waals surface area contributed by atoms with Crippen LogP contribution in [0, 0.1) is 0 Å². The smallest absolute Gasteiger partial charge is 0.244 e. The molecule has 0 saturated heterocycles. The molecule has 1 aromatic heterocycles. The quantitative estimate of drug-likeness (QED) is 0.810. The zero-order valence-corrected chi connectivity index (χ0v) is 11.7. The molecule has 1 heterocycles. The second-order valence-electron chi connectivity index (χ2n) is 4.64. The monoisotopic (exact) mass is 273 g/mol. The molecule has 0 aliphatic carbocycles. The van der Waals surface area contributed by atoms with Gasteiger partial charge in [-0.2, -0.15) is 5.10 Å². The number of hydrogen-bond donors (Lipinski definition) is 2. The highest BCUT2D eigenvalue weighted by Gasteiger charge is 2.16. The van der Waals surface area contributed by atoms with Gasteiger partial charge in [-0.25, -0.2) is 9.67 Å². The van der Waals surface area contributed by atoms with Crippen LogP contribution in [-0.2, 0) is 4.79 Å². The molecule has 0 radical (unpaired) electrons. The van der Waals surface area contributed by atoms with E-state index in [1.54, 1.807) is 24.0 Å². The molecule has 1 amide bonds. The van der Waals surface area contributed by atoms with E-state index in [1.807, 2.05) is 25.1 Å². The molecule has 106 valence electrons. The highest BCUT2D eigenvalue weighted by molar-refractivity contribution is 5.79. The number of nitrogen functional groups attached to an aromatic ring is 1. The molecule has 2 rings (SSSR count). The van der Waals surface area contributed by atoms with Gasteiger partial charge in [-0.05, 0) is 25.5 Å². The van der Waals surface area contributed by atoms with E-state index in [4.69, 9.17) is 5.73 Å². The molecule has 6 nitrogen and oxygen atoms in total. The van der Waals surface area contributed by atoms with Crippen molar-refractivity contribution in [2.45, 2.75) is 26.3 Å². The number of nitrogens with one attached hydrogen (secondary N) is 1. The fourth-order valence-corrected chi connectivity index (χ4v) is 1.79. The fraction of sp³-hybridized carbons (Fsp3) is 0.357. The highest BCUT2D eigenvalue weighted by Crippen LogP contribution is 2.18. The van der Waals surface area contributed by atoms with E-state index in [0.29, 0.717) is 18.1 Å². The van der Waals surface area contributed by atoms with Crippen LogP contribution in [0.1, 0.15) is 26.3 Å². The molecule has 0 fully saturated rings. The van der Waals surface area contributed by atoms with Crippen molar-refractivity contribution in [2.24, 2.45) is 0 Å². The maximum Gasteiger partial charge on any atom is 0.244 e. The van der Waals surface area contributed by atoms with Crippen LogP contribution in [0.25, 0.3) is 11.4 Å². The summed E-state index contributed by atoms with van der Waals surface area (Å²) in [5.74, 6) is 0.503. The van der Waals surface area contributed by atoms with Gasteiger partial charge in [0.1, 0.15) is 12.4 Å². The Bertz CT molecular complexity index is 593. The molecule has 3 N–H and O–H groups in total. The fourth-order valence-electron chi connectivity index (χ4n) is 1.79. The maximum atomic E-state index is 11.9. The lowest BCUT2D eigenvalue weighted by molar-refractivity contribution is -0.124. The summed E-state index contributed by atoms with van der Waals surface area (Å²) in [6.45, 7) is 4.47. The van der Waals surface area contributed by atoms with Crippen molar-refractivity contribution < 1.29 is 4.79 Å². The van der Waals surface area contributed by atoms with Gasteiger partial charge in [-0.3, -0.25) is 4.79 Å². The van der Waals surface area contributed by atoms with Gasteiger partial charge in [0.25, 0.3) is 0 Å². The molecule has 1 atom stereocenters. The van der Waals surface area contributed by atoms with Gasteiger partial charge in [0.05, 0.1) is 0 Å². The van der Waals surface area contributed by atoms with Gasteiger partial charge >= 0.3 is 0 Å². The van der Waals surface area contributed by atoms with Gasteiger partial charge in [0.2, 0.25) is 5.91 Å². The van der Waals surface area contributed by atoms with Crippen LogP contribution < -0.4 is 11.1 Å². The lowest BCUT2D eigenvalue weighted by Gasteiger charge is -2.11. The standard InChI is InChI=1S/C14H19N5O/c1-3-7-16-14(20)10(2)19-9-17-13(18-19)11-5-4-6-12(15)8-11/h4-6,8-10H,3,7,15H2,1-2H3,(H,16,20). The Morgan fingerprint density at radius 1 is 1.50 bits per heavy atom. The predicted molar refractivity (Wildman–Crippen MR) is 77.9 cm³/mol. The summed E-state index contributed by atoms with van der Waals surface area (Å²) in [5.41, 5.74) is 7.24. The molecular weight excluding hydrogens is 254 g/mol. The topological polar surface area (TPSA) is 85.8 Å². The number of carbonyl (C=O) groups is 1. The number of nitrogens with two attached hydrogens (primary N) is 1. The number of benzene rings is 1. The number of hydrogen-bond acceptors (Lipinski definition) is 4. The Morgan fingerprint density at radius 2 is 2.30 bits per heavy atom. The maximum absolute atomic E-state index is 11.9. The van der Waals surface area contributed by atoms with E-state index < -0.39 is 0 Å². The van der Waals surface area contributed by atoms with Crippen molar-refractivity contribution in [3.8, 4) is 11.4 Å². The van der Waals surface area contributed by atoms with E-state index in [2.05, 4.69) is 15.4 Å². The average molecular weight is 273 g/mol. The molecule has 0 spiro atoms. The summed E-state index contributed by atoms with van der Waals surface area (Å²) in [4.78, 5) is 16.1. The molecule has 0 saturated carbocycles. The second-order valence-corrected chi connectivity index (χ2v) is 4.64. The van der Waals surface area contributed by atoms with Gasteiger partial charge in [0.15, 0.2) is 5.82 Å². The third kappa shape index (κ3) is 3.14. The van der Waals surface area contributed by atoms with Gasteiger partial charge < -0.3 is 11.1 Å². The van der Waals surface area contributed by atoms with Crippen molar-refractivity contribution in [1.82, 2.24) is 20.1 Å². The van der Waals surface area contributed by atoms with Crippen LogP contribution in [0.3, 0.4) is 0 Å². The molecule has 0 bridgehead atoms. The van der Waals surface area contributed by atoms with Crippen LogP contribution in [0.2, 0.25) is 0 Å². The average Bonchev–Trinajstić information content (AvgIpc) is 2.93. The number of nitrogens with zero attached hydrogens (tertiary/aromatic N) is 3. The Kier molecular flexibility index (Phi) is 4.34. The van der Waals surface area contributed by atoms with Crippen molar-refractivity contribution in [3.05, 3.63) is 30.6 Å². The number of aromatic nitrogens is 3. The molecule has 0 aliphatic rings. The minimum Gasteiger partial charge on any atom is -0.399 e. The lowest BCUT2D eigenvalue weighted by Crippen LogP contribution is -2.31. The highest BCUT2D eigenvalue weighted by atomic mass is 16.2. The zero-order valence-electron chi connectivity index (χ0n) is 11.7. The first-order valence-electron chi connectivity index (χ1n) is 6.66. The Morgan fingerprint density at radius 3 is 3.00 bits per heavy atom. The predicted octanol–water partition coefficient (Wildman–Crippen LogP) is 1.61. The normalized spacial score (nSPS) is 12.1. The number of anilines is 1. The van der Waals surface area contributed by atoms with Crippen LogP contribution >= 0.6 is 0 Å².